The summed E-state index contributed by atoms with van der Waals surface area (Å²) in [4.78, 5) is 28.1. The van der Waals surface area contributed by atoms with Gasteiger partial charge in [0.1, 0.15) is 5.82 Å². The molecule has 0 radical (unpaired) electrons. The van der Waals surface area contributed by atoms with Gasteiger partial charge in [-0.25, -0.2) is 14.2 Å². The number of rotatable bonds is 7. The van der Waals surface area contributed by atoms with Crippen molar-refractivity contribution in [3.8, 4) is 0 Å². The zero-order valence-corrected chi connectivity index (χ0v) is 14.6. The van der Waals surface area contributed by atoms with Crippen molar-refractivity contribution in [1.82, 2.24) is 4.98 Å². The lowest BCUT2D eigenvalue weighted by molar-refractivity contribution is -0.137. The molecule has 0 aliphatic carbocycles. The second-order valence-corrected chi connectivity index (χ2v) is 5.96. The second kappa shape index (κ2) is 8.85. The first-order valence-electron chi connectivity index (χ1n) is 8.61. The monoisotopic (exact) mass is 363 g/mol. The van der Waals surface area contributed by atoms with Gasteiger partial charge in [0.15, 0.2) is 5.78 Å². The number of hydrogen-bond acceptors (Lipinski definition) is 4. The minimum Gasteiger partial charge on any atom is -0.463 e. The molecule has 0 saturated heterocycles. The minimum atomic E-state index is -0.487. The van der Waals surface area contributed by atoms with Crippen molar-refractivity contribution in [2.45, 2.75) is 12.8 Å². The van der Waals surface area contributed by atoms with Crippen LogP contribution in [0.4, 0.5) is 4.39 Å². The Morgan fingerprint density at radius 3 is 2.59 bits per heavy atom. The molecule has 0 fully saturated rings. The van der Waals surface area contributed by atoms with Crippen LogP contribution in [0.25, 0.3) is 17.0 Å². The Bertz CT molecular complexity index is 980. The largest absolute Gasteiger partial charge is 0.463 e. The minimum absolute atomic E-state index is 0.109. The summed E-state index contributed by atoms with van der Waals surface area (Å²) in [6, 6.07) is 16.9. The molecule has 1 heterocycles. The van der Waals surface area contributed by atoms with E-state index in [0.717, 1.165) is 10.9 Å². The number of Topliss-reactive ketones (excluding diaryl/α,β-unsaturated/α-hetero) is 1. The number of esters is 1. The highest BCUT2D eigenvalue weighted by molar-refractivity contribution is 5.96. The predicted octanol–water partition coefficient (Wildman–Crippen LogP) is 4.59. The van der Waals surface area contributed by atoms with Gasteiger partial charge in [0.2, 0.25) is 0 Å². The van der Waals surface area contributed by atoms with Crippen molar-refractivity contribution in [3.05, 3.63) is 83.8 Å². The number of halogens is 1. The van der Waals surface area contributed by atoms with Crippen LogP contribution in [0.5, 0.6) is 0 Å². The van der Waals surface area contributed by atoms with Gasteiger partial charge in [-0.2, -0.15) is 0 Å². The van der Waals surface area contributed by atoms with Gasteiger partial charge in [0, 0.05) is 23.4 Å². The third-order valence-electron chi connectivity index (χ3n) is 3.97. The molecular formula is C22H18FNO3. The second-order valence-electron chi connectivity index (χ2n) is 5.96. The van der Waals surface area contributed by atoms with Gasteiger partial charge in [-0.3, -0.25) is 4.79 Å². The smallest absolute Gasteiger partial charge is 0.330 e. The van der Waals surface area contributed by atoms with E-state index in [1.54, 1.807) is 6.08 Å². The molecule has 136 valence electrons. The lowest BCUT2D eigenvalue weighted by Crippen LogP contribution is -2.05. The van der Waals surface area contributed by atoms with Crippen LogP contribution in [0, 0.1) is 5.82 Å². The summed E-state index contributed by atoms with van der Waals surface area (Å²) >= 11 is 0. The molecule has 27 heavy (non-hydrogen) atoms. The van der Waals surface area contributed by atoms with E-state index in [-0.39, 0.29) is 24.6 Å². The third kappa shape index (κ3) is 5.31. The van der Waals surface area contributed by atoms with Crippen molar-refractivity contribution < 1.29 is 18.7 Å². The Labute approximate surface area is 156 Å². The van der Waals surface area contributed by atoms with Gasteiger partial charge in [0.25, 0.3) is 0 Å². The lowest BCUT2D eigenvalue weighted by Gasteiger charge is -2.03. The van der Waals surface area contributed by atoms with Crippen molar-refractivity contribution in [2.75, 3.05) is 6.61 Å². The van der Waals surface area contributed by atoms with E-state index in [2.05, 4.69) is 4.98 Å². The topological polar surface area (TPSA) is 56.3 Å². The Morgan fingerprint density at radius 1 is 1.00 bits per heavy atom. The number of ether oxygens (including phenoxy) is 1. The van der Waals surface area contributed by atoms with Gasteiger partial charge in [-0.05, 0) is 48.9 Å². The summed E-state index contributed by atoms with van der Waals surface area (Å²) < 4.78 is 17.9. The number of aromatic nitrogens is 1. The van der Waals surface area contributed by atoms with Crippen LogP contribution in [0.15, 0.2) is 66.7 Å². The van der Waals surface area contributed by atoms with Crippen LogP contribution in [0.2, 0.25) is 0 Å². The number of carbonyl (C=O) groups excluding carboxylic acids is 2. The maximum absolute atomic E-state index is 12.8. The summed E-state index contributed by atoms with van der Waals surface area (Å²) in [6.45, 7) is 0.140. The van der Waals surface area contributed by atoms with Crippen molar-refractivity contribution >= 4 is 28.7 Å². The number of benzene rings is 2. The molecule has 3 rings (SSSR count). The average molecular weight is 363 g/mol. The molecule has 0 aliphatic rings. The fourth-order valence-electron chi connectivity index (χ4n) is 2.56. The van der Waals surface area contributed by atoms with Crippen LogP contribution >= 0.6 is 0 Å². The molecule has 5 heteroatoms. The molecule has 0 atom stereocenters. The van der Waals surface area contributed by atoms with Crippen LogP contribution in [-0.4, -0.2) is 23.3 Å². The predicted molar refractivity (Wildman–Crippen MR) is 102 cm³/mol. The van der Waals surface area contributed by atoms with E-state index in [9.17, 15) is 14.0 Å². The van der Waals surface area contributed by atoms with E-state index in [0.29, 0.717) is 17.7 Å². The molecule has 0 aliphatic heterocycles. The Balaban J connectivity index is 1.44. The van der Waals surface area contributed by atoms with Crippen molar-refractivity contribution in [3.63, 3.8) is 0 Å². The summed E-state index contributed by atoms with van der Waals surface area (Å²) in [6.07, 6.45) is 3.55. The van der Waals surface area contributed by atoms with Crippen molar-refractivity contribution in [2.24, 2.45) is 0 Å². The van der Waals surface area contributed by atoms with E-state index >= 15 is 0 Å². The molecule has 0 amide bonds. The molecule has 3 aromatic rings. The van der Waals surface area contributed by atoms with Crippen LogP contribution in [0.3, 0.4) is 0 Å². The van der Waals surface area contributed by atoms with Gasteiger partial charge in [0.05, 0.1) is 17.8 Å². The SMILES string of the molecule is O=C(/C=C/c1ccc2ccccc2n1)OCCCC(=O)c1ccc(F)cc1. The highest BCUT2D eigenvalue weighted by atomic mass is 19.1. The Morgan fingerprint density at radius 2 is 1.78 bits per heavy atom. The van der Waals surface area contributed by atoms with Crippen molar-refractivity contribution in [1.29, 1.82) is 0 Å². The first kappa shape index (κ1) is 18.5. The van der Waals surface area contributed by atoms with Crippen LogP contribution in [-0.2, 0) is 9.53 Å². The van der Waals surface area contributed by atoms with Gasteiger partial charge in [-0.15, -0.1) is 0 Å². The number of nitrogens with zero attached hydrogens (tertiary/aromatic N) is 1. The molecule has 1 aromatic heterocycles. The molecule has 4 nitrogen and oxygen atoms in total. The Kier molecular flexibility index (Phi) is 6.05. The highest BCUT2D eigenvalue weighted by Crippen LogP contribution is 2.12. The summed E-state index contributed by atoms with van der Waals surface area (Å²) in [7, 11) is 0. The molecular weight excluding hydrogens is 345 g/mol. The number of hydrogen-bond donors (Lipinski definition) is 0. The number of para-hydroxylation sites is 1. The maximum atomic E-state index is 12.8. The van der Waals surface area contributed by atoms with Crippen LogP contribution in [0.1, 0.15) is 28.9 Å². The molecule has 0 spiro atoms. The lowest BCUT2D eigenvalue weighted by atomic mass is 10.1. The quantitative estimate of drug-likeness (QED) is 0.267. The zero-order valence-electron chi connectivity index (χ0n) is 14.6. The van der Waals surface area contributed by atoms with E-state index in [4.69, 9.17) is 4.74 Å². The fourth-order valence-corrected chi connectivity index (χ4v) is 2.56. The van der Waals surface area contributed by atoms with Gasteiger partial charge < -0.3 is 4.74 Å². The first-order valence-corrected chi connectivity index (χ1v) is 8.61. The van der Waals surface area contributed by atoms with Crippen LogP contribution < -0.4 is 0 Å². The van der Waals surface area contributed by atoms with E-state index < -0.39 is 5.97 Å². The van der Waals surface area contributed by atoms with Gasteiger partial charge in [-0.1, -0.05) is 24.3 Å². The third-order valence-corrected chi connectivity index (χ3v) is 3.97. The fraction of sp³-hybridized carbons (Fsp3) is 0.136. The summed E-state index contributed by atoms with van der Waals surface area (Å²) in [5.74, 6) is -0.977. The normalized spacial score (nSPS) is 11.0. The molecule has 2 aromatic carbocycles. The summed E-state index contributed by atoms with van der Waals surface area (Å²) in [5, 5.41) is 1.03. The summed E-state index contributed by atoms with van der Waals surface area (Å²) in [5.41, 5.74) is 1.97. The van der Waals surface area contributed by atoms with E-state index in [1.165, 1.54) is 30.3 Å². The highest BCUT2D eigenvalue weighted by Gasteiger charge is 2.06. The zero-order chi connectivity index (χ0) is 19.1. The number of carbonyl (C=O) groups is 2. The van der Waals surface area contributed by atoms with E-state index in [1.807, 2.05) is 36.4 Å². The standard InChI is InChI=1S/C22H18FNO3/c23-18-10-7-17(8-11-18)21(25)6-3-15-27-22(26)14-13-19-12-9-16-4-1-2-5-20(16)24-19/h1-2,4-5,7-14H,3,6,15H2/b14-13+. The molecule has 0 bridgehead atoms. The molecule has 0 unspecified atom stereocenters. The number of pyridine rings is 1. The number of ketones is 1. The first-order chi connectivity index (χ1) is 13.1. The number of fused-ring (bicyclic) bond motifs is 1. The Hall–Kier alpha value is -3.34. The molecule has 0 N–H and O–H groups in total. The molecule has 0 saturated carbocycles. The maximum Gasteiger partial charge on any atom is 0.330 e. The van der Waals surface area contributed by atoms with Gasteiger partial charge >= 0.3 is 5.97 Å². The average Bonchev–Trinajstić information content (AvgIpc) is 2.70.